The first kappa shape index (κ1) is 19.7. The van der Waals surface area contributed by atoms with Crippen molar-refractivity contribution in [3.8, 4) is 28.2 Å². The third-order valence-electron chi connectivity index (χ3n) is 4.40. The summed E-state index contributed by atoms with van der Waals surface area (Å²) in [6, 6.07) is 22.8. The van der Waals surface area contributed by atoms with Gasteiger partial charge in [-0.3, -0.25) is 0 Å². The normalized spacial score (nSPS) is 11.6. The van der Waals surface area contributed by atoms with E-state index in [1.807, 2.05) is 36.4 Å². The lowest BCUT2D eigenvalue weighted by molar-refractivity contribution is 0.596. The van der Waals surface area contributed by atoms with Crippen LogP contribution in [0.2, 0.25) is 10.0 Å². The van der Waals surface area contributed by atoms with Gasteiger partial charge in [0.2, 0.25) is 10.0 Å². The van der Waals surface area contributed by atoms with Gasteiger partial charge in [0.1, 0.15) is 4.90 Å². The van der Waals surface area contributed by atoms with E-state index in [2.05, 4.69) is 5.10 Å². The number of aromatic nitrogens is 2. The summed E-state index contributed by atoms with van der Waals surface area (Å²) in [5, 5.41) is 11.2. The van der Waals surface area contributed by atoms with Gasteiger partial charge in [0.05, 0.1) is 22.1 Å². The average Bonchev–Trinajstić information content (AvgIpc) is 3.13. The van der Waals surface area contributed by atoms with Crippen molar-refractivity contribution in [3.05, 3.63) is 88.9 Å². The molecule has 0 aliphatic carbocycles. The maximum Gasteiger partial charge on any atom is 0.240 e. The highest BCUT2D eigenvalue weighted by molar-refractivity contribution is 7.89. The van der Waals surface area contributed by atoms with Crippen molar-refractivity contribution in [3.63, 3.8) is 0 Å². The van der Waals surface area contributed by atoms with Crippen molar-refractivity contribution in [1.82, 2.24) is 9.78 Å². The molecule has 0 amide bonds. The summed E-state index contributed by atoms with van der Waals surface area (Å²) < 4.78 is 25.9. The minimum atomic E-state index is -3.96. The summed E-state index contributed by atoms with van der Waals surface area (Å²) in [5.74, 6) is 0. The van der Waals surface area contributed by atoms with E-state index in [1.54, 1.807) is 41.1 Å². The van der Waals surface area contributed by atoms with Gasteiger partial charge in [0.15, 0.2) is 0 Å². The molecule has 29 heavy (non-hydrogen) atoms. The first-order valence-corrected chi connectivity index (χ1v) is 10.9. The lowest BCUT2D eigenvalue weighted by atomic mass is 10.1. The number of hydrogen-bond donors (Lipinski definition) is 1. The highest BCUT2D eigenvalue weighted by atomic mass is 35.5. The van der Waals surface area contributed by atoms with Crippen LogP contribution in [0.1, 0.15) is 0 Å². The molecule has 0 fully saturated rings. The van der Waals surface area contributed by atoms with E-state index in [0.29, 0.717) is 27.1 Å². The Morgan fingerprint density at radius 3 is 2.21 bits per heavy atom. The molecule has 3 aromatic carbocycles. The van der Waals surface area contributed by atoms with Crippen LogP contribution in [0.15, 0.2) is 83.8 Å². The molecule has 4 aromatic rings. The summed E-state index contributed by atoms with van der Waals surface area (Å²) >= 11 is 12.4. The SMILES string of the molecule is NS(=O)(=O)c1ccccc1-n1nc(-c2ccccc2Cl)cc1-c1ccc(Cl)cc1. The number of rotatable bonds is 4. The molecule has 0 aliphatic rings. The predicted molar refractivity (Wildman–Crippen MR) is 116 cm³/mol. The van der Waals surface area contributed by atoms with Gasteiger partial charge in [-0.05, 0) is 36.4 Å². The van der Waals surface area contributed by atoms with Crippen LogP contribution >= 0.6 is 23.2 Å². The first-order chi connectivity index (χ1) is 13.8. The fourth-order valence-corrected chi connectivity index (χ4v) is 4.14. The fraction of sp³-hybridized carbons (Fsp3) is 0. The number of sulfonamides is 1. The Balaban J connectivity index is 2.01. The molecule has 0 atom stereocenters. The molecule has 0 bridgehead atoms. The Bertz CT molecular complexity index is 1300. The number of benzene rings is 3. The van der Waals surface area contributed by atoms with Crippen LogP contribution in [-0.4, -0.2) is 18.2 Å². The Kier molecular flexibility index (Phi) is 5.19. The van der Waals surface area contributed by atoms with Crippen LogP contribution in [-0.2, 0) is 10.0 Å². The number of para-hydroxylation sites is 1. The number of hydrogen-bond acceptors (Lipinski definition) is 3. The van der Waals surface area contributed by atoms with Crippen LogP contribution in [0.5, 0.6) is 0 Å². The molecule has 1 aromatic heterocycles. The topological polar surface area (TPSA) is 78.0 Å². The number of nitrogens with zero attached hydrogens (tertiary/aromatic N) is 2. The number of primary sulfonamides is 1. The Morgan fingerprint density at radius 1 is 0.862 bits per heavy atom. The molecular formula is C21H15Cl2N3O2S. The van der Waals surface area contributed by atoms with E-state index >= 15 is 0 Å². The van der Waals surface area contributed by atoms with E-state index < -0.39 is 10.0 Å². The van der Waals surface area contributed by atoms with E-state index in [4.69, 9.17) is 28.3 Å². The average molecular weight is 444 g/mol. The molecule has 0 saturated heterocycles. The second kappa shape index (κ2) is 7.65. The van der Waals surface area contributed by atoms with Gasteiger partial charge in [-0.2, -0.15) is 5.10 Å². The Labute approximate surface area is 178 Å². The van der Waals surface area contributed by atoms with Gasteiger partial charge in [0, 0.05) is 16.1 Å². The van der Waals surface area contributed by atoms with Gasteiger partial charge in [0.25, 0.3) is 0 Å². The zero-order valence-electron chi connectivity index (χ0n) is 15.0. The highest BCUT2D eigenvalue weighted by Gasteiger charge is 2.20. The molecule has 0 spiro atoms. The molecule has 4 rings (SSSR count). The lowest BCUT2D eigenvalue weighted by Crippen LogP contribution is -2.16. The quantitative estimate of drug-likeness (QED) is 0.472. The first-order valence-electron chi connectivity index (χ1n) is 8.58. The van der Waals surface area contributed by atoms with Gasteiger partial charge < -0.3 is 0 Å². The van der Waals surface area contributed by atoms with Crippen LogP contribution in [0, 0.1) is 0 Å². The van der Waals surface area contributed by atoms with Crippen molar-refractivity contribution in [2.45, 2.75) is 4.90 Å². The van der Waals surface area contributed by atoms with Crippen LogP contribution in [0.4, 0.5) is 0 Å². The molecule has 146 valence electrons. The van der Waals surface area contributed by atoms with E-state index in [9.17, 15) is 8.42 Å². The van der Waals surface area contributed by atoms with Gasteiger partial charge in [-0.1, -0.05) is 65.7 Å². The third kappa shape index (κ3) is 3.93. The number of halogens is 2. The van der Waals surface area contributed by atoms with Crippen molar-refractivity contribution in [2.75, 3.05) is 0 Å². The predicted octanol–water partition coefficient (Wildman–Crippen LogP) is 5.16. The van der Waals surface area contributed by atoms with Gasteiger partial charge >= 0.3 is 0 Å². The van der Waals surface area contributed by atoms with Crippen LogP contribution in [0.3, 0.4) is 0 Å². The highest BCUT2D eigenvalue weighted by Crippen LogP contribution is 2.33. The summed E-state index contributed by atoms with van der Waals surface area (Å²) in [5.41, 5.74) is 3.16. The molecule has 8 heteroatoms. The smallest absolute Gasteiger partial charge is 0.231 e. The minimum absolute atomic E-state index is 0.0241. The Hall–Kier alpha value is -2.64. The fourth-order valence-electron chi connectivity index (χ4n) is 3.06. The third-order valence-corrected chi connectivity index (χ3v) is 5.94. The van der Waals surface area contributed by atoms with E-state index in [0.717, 1.165) is 11.1 Å². The summed E-state index contributed by atoms with van der Waals surface area (Å²) in [6.07, 6.45) is 0. The van der Waals surface area contributed by atoms with Crippen molar-refractivity contribution in [1.29, 1.82) is 0 Å². The Morgan fingerprint density at radius 2 is 1.52 bits per heavy atom. The molecular weight excluding hydrogens is 429 g/mol. The van der Waals surface area contributed by atoms with Gasteiger partial charge in [-0.25, -0.2) is 18.2 Å². The lowest BCUT2D eigenvalue weighted by Gasteiger charge is -2.11. The van der Waals surface area contributed by atoms with Gasteiger partial charge in [-0.15, -0.1) is 0 Å². The van der Waals surface area contributed by atoms with Crippen molar-refractivity contribution < 1.29 is 8.42 Å². The van der Waals surface area contributed by atoms with E-state index in [1.165, 1.54) is 6.07 Å². The molecule has 0 radical (unpaired) electrons. The van der Waals surface area contributed by atoms with Crippen LogP contribution in [0.25, 0.3) is 28.2 Å². The largest absolute Gasteiger partial charge is 0.240 e. The van der Waals surface area contributed by atoms with Crippen molar-refractivity contribution in [2.24, 2.45) is 5.14 Å². The molecule has 0 aliphatic heterocycles. The molecule has 1 heterocycles. The van der Waals surface area contributed by atoms with Crippen molar-refractivity contribution >= 4 is 33.2 Å². The maximum absolute atomic E-state index is 12.1. The molecule has 0 unspecified atom stereocenters. The van der Waals surface area contributed by atoms with E-state index in [-0.39, 0.29) is 4.90 Å². The summed E-state index contributed by atoms with van der Waals surface area (Å²) in [4.78, 5) is -0.0241. The molecule has 2 N–H and O–H groups in total. The monoisotopic (exact) mass is 443 g/mol. The molecule has 0 saturated carbocycles. The molecule has 5 nitrogen and oxygen atoms in total. The standard InChI is InChI=1S/C21H15Cl2N3O2S/c22-15-11-9-14(10-12-15)20-13-18(16-5-1-2-6-17(16)23)25-26(20)19-7-3-4-8-21(19)29(24,27)28/h1-13H,(H2,24,27,28). The maximum atomic E-state index is 12.1. The summed E-state index contributed by atoms with van der Waals surface area (Å²) in [7, 11) is -3.96. The van der Waals surface area contributed by atoms with Crippen LogP contribution < -0.4 is 5.14 Å². The second-order valence-electron chi connectivity index (χ2n) is 6.33. The zero-order valence-corrected chi connectivity index (χ0v) is 17.3. The number of nitrogens with two attached hydrogens (primary N) is 1. The summed E-state index contributed by atoms with van der Waals surface area (Å²) in [6.45, 7) is 0. The minimum Gasteiger partial charge on any atom is -0.231 e. The zero-order chi connectivity index (χ0) is 20.6. The second-order valence-corrected chi connectivity index (χ2v) is 8.70.